The lowest BCUT2D eigenvalue weighted by atomic mass is 10.1. The topological polar surface area (TPSA) is 62.5 Å². The summed E-state index contributed by atoms with van der Waals surface area (Å²) in [5, 5.41) is 3.95. The molecule has 0 atom stereocenters. The first kappa shape index (κ1) is 18.2. The third-order valence-electron chi connectivity index (χ3n) is 5.13. The molecule has 0 unspecified atom stereocenters. The van der Waals surface area contributed by atoms with Gasteiger partial charge in [-0.1, -0.05) is 35.0 Å². The smallest absolute Gasteiger partial charge is 0.227 e. The van der Waals surface area contributed by atoms with Crippen molar-refractivity contribution in [2.75, 3.05) is 31.1 Å². The summed E-state index contributed by atoms with van der Waals surface area (Å²) in [5.74, 6) is 1.37. The first-order valence-electron chi connectivity index (χ1n) is 9.57. The molecule has 2 aromatic carbocycles. The molecular formula is C22H24N4O2. The number of carbonyl (C=O) groups is 1. The van der Waals surface area contributed by atoms with Gasteiger partial charge in [0.25, 0.3) is 0 Å². The monoisotopic (exact) mass is 376 g/mol. The van der Waals surface area contributed by atoms with Gasteiger partial charge in [0, 0.05) is 44.4 Å². The minimum Gasteiger partial charge on any atom is -0.368 e. The van der Waals surface area contributed by atoms with Crippen LogP contribution in [-0.2, 0) is 11.2 Å². The number of hydrogen-bond donors (Lipinski definition) is 0. The van der Waals surface area contributed by atoms with Crippen LogP contribution < -0.4 is 4.90 Å². The molecule has 0 aliphatic carbocycles. The molecule has 3 aromatic rings. The number of aryl methyl sites for hydroxylation is 2. The lowest BCUT2D eigenvalue weighted by molar-refractivity contribution is -0.130. The first-order chi connectivity index (χ1) is 13.6. The fraction of sp³-hybridized carbons (Fsp3) is 0.318. The number of benzene rings is 2. The van der Waals surface area contributed by atoms with Crippen molar-refractivity contribution >= 4 is 11.6 Å². The minimum absolute atomic E-state index is 0.200. The highest BCUT2D eigenvalue weighted by atomic mass is 16.5. The van der Waals surface area contributed by atoms with Crippen molar-refractivity contribution in [3.05, 3.63) is 65.5 Å². The van der Waals surface area contributed by atoms with Gasteiger partial charge in [0.05, 0.1) is 6.42 Å². The number of carbonyl (C=O) groups excluding carboxylic acids is 1. The molecular weight excluding hydrogens is 352 g/mol. The van der Waals surface area contributed by atoms with E-state index in [1.165, 1.54) is 5.56 Å². The molecule has 1 aliphatic heterocycles. The predicted octanol–water partition coefficient (Wildman–Crippen LogP) is 3.24. The highest BCUT2D eigenvalue weighted by Crippen LogP contribution is 2.22. The molecule has 28 heavy (non-hydrogen) atoms. The fourth-order valence-electron chi connectivity index (χ4n) is 3.44. The van der Waals surface area contributed by atoms with E-state index in [-0.39, 0.29) is 5.91 Å². The summed E-state index contributed by atoms with van der Waals surface area (Å²) >= 11 is 0. The molecule has 0 spiro atoms. The largest absolute Gasteiger partial charge is 0.368 e. The van der Waals surface area contributed by atoms with Gasteiger partial charge < -0.3 is 14.3 Å². The Morgan fingerprint density at radius 1 is 0.964 bits per heavy atom. The van der Waals surface area contributed by atoms with E-state index < -0.39 is 0 Å². The molecule has 6 nitrogen and oxygen atoms in total. The molecule has 6 heteroatoms. The van der Waals surface area contributed by atoms with Crippen LogP contribution in [0.3, 0.4) is 0 Å². The quantitative estimate of drug-likeness (QED) is 0.699. The second-order valence-corrected chi connectivity index (χ2v) is 7.21. The van der Waals surface area contributed by atoms with E-state index in [0.29, 0.717) is 18.1 Å². The molecule has 0 saturated carbocycles. The van der Waals surface area contributed by atoms with Crippen molar-refractivity contribution in [2.24, 2.45) is 0 Å². The molecule has 0 bridgehead atoms. The average Bonchev–Trinajstić information content (AvgIpc) is 3.16. The summed E-state index contributed by atoms with van der Waals surface area (Å²) in [4.78, 5) is 21.1. The Balaban J connectivity index is 1.33. The Hall–Kier alpha value is -3.15. The van der Waals surface area contributed by atoms with Crippen LogP contribution in [0.15, 0.2) is 53.1 Å². The van der Waals surface area contributed by atoms with Crippen LogP contribution in [-0.4, -0.2) is 47.1 Å². The second-order valence-electron chi connectivity index (χ2n) is 7.21. The Bertz CT molecular complexity index is 939. The maximum atomic E-state index is 12.6. The summed E-state index contributed by atoms with van der Waals surface area (Å²) in [5.41, 5.74) is 4.37. The molecule has 1 amide bonds. The van der Waals surface area contributed by atoms with Crippen molar-refractivity contribution in [3.63, 3.8) is 0 Å². The molecule has 4 rings (SSSR count). The predicted molar refractivity (Wildman–Crippen MR) is 108 cm³/mol. The normalized spacial score (nSPS) is 14.4. The number of piperazine rings is 1. The molecule has 0 N–H and O–H groups in total. The van der Waals surface area contributed by atoms with Gasteiger partial charge in [-0.15, -0.1) is 0 Å². The molecule has 144 valence electrons. The lowest BCUT2D eigenvalue weighted by Gasteiger charge is -2.36. The Labute approximate surface area is 164 Å². The molecule has 1 aromatic heterocycles. The highest BCUT2D eigenvalue weighted by Gasteiger charge is 2.21. The third kappa shape index (κ3) is 4.06. The third-order valence-corrected chi connectivity index (χ3v) is 5.13. The summed E-state index contributed by atoms with van der Waals surface area (Å²) in [7, 11) is 0. The summed E-state index contributed by atoms with van der Waals surface area (Å²) in [6.45, 7) is 7.00. The van der Waals surface area contributed by atoms with Crippen LogP contribution in [0.25, 0.3) is 11.4 Å². The van der Waals surface area contributed by atoms with Gasteiger partial charge in [-0.2, -0.15) is 4.98 Å². The Morgan fingerprint density at radius 2 is 1.64 bits per heavy atom. The number of rotatable bonds is 4. The van der Waals surface area contributed by atoms with E-state index in [9.17, 15) is 4.79 Å². The highest BCUT2D eigenvalue weighted by molar-refractivity contribution is 5.79. The lowest BCUT2D eigenvalue weighted by Crippen LogP contribution is -2.49. The molecule has 1 saturated heterocycles. The number of amides is 1. The van der Waals surface area contributed by atoms with Gasteiger partial charge in [-0.25, -0.2) is 0 Å². The minimum atomic E-state index is 0.200. The summed E-state index contributed by atoms with van der Waals surface area (Å²) in [6, 6.07) is 16.4. The van der Waals surface area contributed by atoms with Crippen LogP contribution >= 0.6 is 0 Å². The number of aromatic nitrogens is 2. The van der Waals surface area contributed by atoms with Crippen molar-refractivity contribution in [3.8, 4) is 11.4 Å². The maximum absolute atomic E-state index is 12.6. The van der Waals surface area contributed by atoms with Gasteiger partial charge in [0.15, 0.2) is 0 Å². The number of anilines is 1. The SMILES string of the molecule is Cc1ccc(CC(=O)N2CCN(c3ccc(-c4noc(C)n4)cc3)CC2)cc1. The second kappa shape index (κ2) is 7.84. The van der Waals surface area contributed by atoms with Crippen LogP contribution in [0.2, 0.25) is 0 Å². The molecule has 1 aliphatic rings. The van der Waals surface area contributed by atoms with E-state index in [4.69, 9.17) is 4.52 Å². The van der Waals surface area contributed by atoms with Gasteiger partial charge in [-0.05, 0) is 36.8 Å². The number of nitrogens with zero attached hydrogens (tertiary/aromatic N) is 4. The summed E-state index contributed by atoms with van der Waals surface area (Å²) < 4.78 is 5.04. The zero-order valence-corrected chi connectivity index (χ0v) is 16.3. The molecule has 1 fully saturated rings. The van der Waals surface area contributed by atoms with E-state index in [1.807, 2.05) is 29.2 Å². The van der Waals surface area contributed by atoms with Crippen LogP contribution in [0.4, 0.5) is 5.69 Å². The Kier molecular flexibility index (Phi) is 5.10. The van der Waals surface area contributed by atoms with Crippen molar-refractivity contribution in [1.29, 1.82) is 0 Å². The average molecular weight is 376 g/mol. The first-order valence-corrected chi connectivity index (χ1v) is 9.57. The maximum Gasteiger partial charge on any atom is 0.227 e. The van der Waals surface area contributed by atoms with Crippen LogP contribution in [0.1, 0.15) is 17.0 Å². The zero-order chi connectivity index (χ0) is 19.5. The zero-order valence-electron chi connectivity index (χ0n) is 16.3. The van der Waals surface area contributed by atoms with Crippen molar-refractivity contribution in [2.45, 2.75) is 20.3 Å². The van der Waals surface area contributed by atoms with Crippen molar-refractivity contribution < 1.29 is 9.32 Å². The fourth-order valence-corrected chi connectivity index (χ4v) is 3.44. The van der Waals surface area contributed by atoms with Gasteiger partial charge in [-0.3, -0.25) is 4.79 Å². The van der Waals surface area contributed by atoms with E-state index >= 15 is 0 Å². The standard InChI is InChI=1S/C22H24N4O2/c1-16-3-5-18(6-4-16)15-21(27)26-13-11-25(12-14-26)20-9-7-19(8-10-20)22-23-17(2)28-24-22/h3-10H,11-15H2,1-2H3. The van der Waals surface area contributed by atoms with Crippen molar-refractivity contribution in [1.82, 2.24) is 15.0 Å². The van der Waals surface area contributed by atoms with E-state index in [1.54, 1.807) is 6.92 Å². The summed E-state index contributed by atoms with van der Waals surface area (Å²) in [6.07, 6.45) is 0.471. The van der Waals surface area contributed by atoms with Crippen LogP contribution in [0.5, 0.6) is 0 Å². The van der Waals surface area contributed by atoms with Gasteiger partial charge in [0.2, 0.25) is 17.6 Å². The van der Waals surface area contributed by atoms with E-state index in [2.05, 4.69) is 46.2 Å². The molecule has 0 radical (unpaired) electrons. The number of hydrogen-bond acceptors (Lipinski definition) is 5. The van der Waals surface area contributed by atoms with E-state index in [0.717, 1.165) is 43.0 Å². The molecule has 2 heterocycles. The van der Waals surface area contributed by atoms with Gasteiger partial charge in [0.1, 0.15) is 0 Å². The van der Waals surface area contributed by atoms with Gasteiger partial charge >= 0.3 is 0 Å². The van der Waals surface area contributed by atoms with Crippen LogP contribution in [0, 0.1) is 13.8 Å². The Morgan fingerprint density at radius 3 is 2.25 bits per heavy atom.